The third-order valence-electron chi connectivity index (χ3n) is 7.42. The molecule has 0 bridgehead atoms. The van der Waals surface area contributed by atoms with Gasteiger partial charge in [0.15, 0.2) is 0 Å². The maximum absolute atomic E-state index is 2.50. The van der Waals surface area contributed by atoms with Crippen molar-refractivity contribution in [2.24, 2.45) is 0 Å². The van der Waals surface area contributed by atoms with E-state index in [-0.39, 0.29) is 7.92 Å². The van der Waals surface area contributed by atoms with E-state index in [0.717, 1.165) is 11.3 Å². The highest BCUT2D eigenvalue weighted by molar-refractivity contribution is 7.67. The van der Waals surface area contributed by atoms with Crippen molar-refractivity contribution in [1.29, 1.82) is 0 Å². The minimum Gasteiger partial charge on any atom is -0.0683 e. The Balaban J connectivity index is 1.50. The fourth-order valence-corrected chi connectivity index (χ4v) is 9.79. The largest absolute Gasteiger partial charge is 0.0683 e. The van der Waals surface area contributed by atoms with Crippen molar-refractivity contribution in [3.05, 3.63) is 78.9 Å². The van der Waals surface area contributed by atoms with Gasteiger partial charge in [0.05, 0.1) is 0 Å². The van der Waals surface area contributed by atoms with Gasteiger partial charge in [0.2, 0.25) is 0 Å². The molecule has 160 valence electrons. The third kappa shape index (κ3) is 4.80. The van der Waals surface area contributed by atoms with E-state index in [1.807, 2.05) is 0 Å². The molecule has 0 N–H and O–H groups in total. The summed E-state index contributed by atoms with van der Waals surface area (Å²) in [6.45, 7) is 0. The molecule has 0 nitrogen and oxygen atoms in total. The van der Waals surface area contributed by atoms with Crippen LogP contribution in [0, 0.1) is 0 Å². The van der Waals surface area contributed by atoms with Gasteiger partial charge in [-0.2, -0.15) is 0 Å². The first-order valence-electron chi connectivity index (χ1n) is 12.4. The standard InChI is InChI=1S/C30H35P/c1-4-12-24(13-5-1)25-20-22-26(23-21-25)29-18-10-11-19-30(29)31(27-14-6-2-7-15-27)28-16-8-3-9-17-28/h1,4-5,10-13,18-23,27-28H,2-3,6-9,14-17H2. The van der Waals surface area contributed by atoms with Crippen LogP contribution in [-0.2, 0) is 0 Å². The lowest BCUT2D eigenvalue weighted by Gasteiger charge is -2.39. The number of hydrogen-bond donors (Lipinski definition) is 0. The molecular weight excluding hydrogens is 391 g/mol. The highest BCUT2D eigenvalue weighted by Crippen LogP contribution is 2.56. The minimum atomic E-state index is -0.0880. The molecule has 0 saturated heterocycles. The lowest BCUT2D eigenvalue weighted by Crippen LogP contribution is -2.27. The van der Waals surface area contributed by atoms with Gasteiger partial charge < -0.3 is 0 Å². The normalized spacial score (nSPS) is 18.4. The summed E-state index contributed by atoms with van der Waals surface area (Å²) in [5.74, 6) is 0. The molecule has 0 aromatic heterocycles. The Morgan fingerprint density at radius 3 is 1.55 bits per heavy atom. The number of rotatable bonds is 5. The second-order valence-electron chi connectivity index (χ2n) is 9.45. The van der Waals surface area contributed by atoms with Crippen molar-refractivity contribution in [1.82, 2.24) is 0 Å². The summed E-state index contributed by atoms with van der Waals surface area (Å²) in [6.07, 6.45) is 14.5. The Hall–Kier alpha value is -1.91. The molecule has 0 heterocycles. The fraction of sp³-hybridized carbons (Fsp3) is 0.400. The van der Waals surface area contributed by atoms with Crippen LogP contribution < -0.4 is 5.30 Å². The molecule has 1 heteroatoms. The predicted octanol–water partition coefficient (Wildman–Crippen LogP) is 8.79. The first kappa shape index (κ1) is 21.0. The number of benzene rings is 3. The second-order valence-corrected chi connectivity index (χ2v) is 12.2. The Morgan fingerprint density at radius 1 is 0.452 bits per heavy atom. The molecular formula is C30H35P. The van der Waals surface area contributed by atoms with Crippen LogP contribution in [0.3, 0.4) is 0 Å². The summed E-state index contributed by atoms with van der Waals surface area (Å²) < 4.78 is 0. The first-order valence-corrected chi connectivity index (χ1v) is 13.9. The molecule has 3 aromatic carbocycles. The van der Waals surface area contributed by atoms with Gasteiger partial charge in [-0.05, 0) is 64.6 Å². The molecule has 0 amide bonds. The minimum absolute atomic E-state index is 0.0880. The van der Waals surface area contributed by atoms with E-state index in [1.54, 1.807) is 5.30 Å². The van der Waals surface area contributed by atoms with Crippen molar-refractivity contribution in [3.63, 3.8) is 0 Å². The van der Waals surface area contributed by atoms with Crippen molar-refractivity contribution >= 4 is 13.2 Å². The van der Waals surface area contributed by atoms with E-state index in [0.29, 0.717) is 0 Å². The lowest BCUT2D eigenvalue weighted by molar-refractivity contribution is 0.487. The van der Waals surface area contributed by atoms with Crippen LogP contribution in [0.4, 0.5) is 0 Å². The highest BCUT2D eigenvalue weighted by atomic mass is 31.1. The Labute approximate surface area is 189 Å². The quantitative estimate of drug-likeness (QED) is 0.358. The molecule has 31 heavy (non-hydrogen) atoms. The van der Waals surface area contributed by atoms with Crippen LogP contribution in [0.15, 0.2) is 78.9 Å². The van der Waals surface area contributed by atoms with Gasteiger partial charge in [0.1, 0.15) is 0 Å². The van der Waals surface area contributed by atoms with Gasteiger partial charge in [0.25, 0.3) is 0 Å². The lowest BCUT2D eigenvalue weighted by atomic mass is 9.99. The highest BCUT2D eigenvalue weighted by Gasteiger charge is 2.33. The van der Waals surface area contributed by atoms with Crippen LogP contribution in [0.2, 0.25) is 0 Å². The fourth-order valence-electron chi connectivity index (χ4n) is 5.83. The SMILES string of the molecule is c1ccc(-c2ccc(-c3ccccc3P(C3CCCCC3)C3CCCCC3)cc2)cc1. The van der Waals surface area contributed by atoms with Gasteiger partial charge >= 0.3 is 0 Å². The molecule has 0 aliphatic heterocycles. The number of hydrogen-bond acceptors (Lipinski definition) is 0. The maximum atomic E-state index is 2.50. The molecule has 0 radical (unpaired) electrons. The van der Waals surface area contributed by atoms with Crippen molar-refractivity contribution in [2.75, 3.05) is 0 Å². The smallest absolute Gasteiger partial charge is 0.0107 e. The van der Waals surface area contributed by atoms with Crippen molar-refractivity contribution in [2.45, 2.75) is 75.5 Å². The van der Waals surface area contributed by atoms with E-state index in [2.05, 4.69) is 78.9 Å². The molecule has 3 aromatic rings. The second kappa shape index (κ2) is 10.1. The zero-order valence-corrected chi connectivity index (χ0v) is 19.6. The maximum Gasteiger partial charge on any atom is -0.0107 e. The van der Waals surface area contributed by atoms with Crippen molar-refractivity contribution < 1.29 is 0 Å². The zero-order chi connectivity index (χ0) is 20.9. The van der Waals surface area contributed by atoms with E-state index < -0.39 is 0 Å². The zero-order valence-electron chi connectivity index (χ0n) is 18.7. The van der Waals surface area contributed by atoms with Crippen LogP contribution in [0.25, 0.3) is 22.3 Å². The molecule has 0 spiro atoms. The van der Waals surface area contributed by atoms with Gasteiger partial charge in [-0.1, -0.05) is 125 Å². The van der Waals surface area contributed by atoms with Crippen LogP contribution in [0.5, 0.6) is 0 Å². The average molecular weight is 427 g/mol. The van der Waals surface area contributed by atoms with Crippen LogP contribution in [0.1, 0.15) is 64.2 Å². The Kier molecular flexibility index (Phi) is 6.86. The van der Waals surface area contributed by atoms with Gasteiger partial charge in [-0.15, -0.1) is 0 Å². The van der Waals surface area contributed by atoms with Crippen LogP contribution >= 0.6 is 7.92 Å². The van der Waals surface area contributed by atoms with E-state index >= 15 is 0 Å². The molecule has 2 aliphatic rings. The average Bonchev–Trinajstić information content (AvgIpc) is 2.87. The summed E-state index contributed by atoms with van der Waals surface area (Å²) in [5, 5.41) is 1.70. The van der Waals surface area contributed by atoms with Gasteiger partial charge in [-0.25, -0.2) is 0 Å². The first-order chi connectivity index (χ1) is 15.4. The third-order valence-corrected chi connectivity index (χ3v) is 11.0. The predicted molar refractivity (Wildman–Crippen MR) is 138 cm³/mol. The topological polar surface area (TPSA) is 0 Å². The molecule has 2 fully saturated rings. The molecule has 0 unspecified atom stereocenters. The van der Waals surface area contributed by atoms with E-state index in [4.69, 9.17) is 0 Å². The van der Waals surface area contributed by atoms with Crippen molar-refractivity contribution in [3.8, 4) is 22.3 Å². The molecule has 2 aliphatic carbocycles. The molecule has 5 rings (SSSR count). The summed E-state index contributed by atoms with van der Waals surface area (Å²) >= 11 is 0. The van der Waals surface area contributed by atoms with E-state index in [1.165, 1.54) is 86.5 Å². The molecule has 0 atom stereocenters. The Morgan fingerprint density at radius 2 is 0.935 bits per heavy atom. The van der Waals surface area contributed by atoms with Gasteiger partial charge in [0, 0.05) is 0 Å². The Bertz CT molecular complexity index is 929. The molecule has 2 saturated carbocycles. The summed E-state index contributed by atoms with van der Waals surface area (Å²) in [5.41, 5.74) is 7.39. The summed E-state index contributed by atoms with van der Waals surface area (Å²) in [7, 11) is -0.0880. The van der Waals surface area contributed by atoms with Gasteiger partial charge in [-0.3, -0.25) is 0 Å². The van der Waals surface area contributed by atoms with Crippen LogP contribution in [-0.4, -0.2) is 11.3 Å². The summed E-state index contributed by atoms with van der Waals surface area (Å²) in [6, 6.07) is 29.5. The van der Waals surface area contributed by atoms with E-state index in [9.17, 15) is 0 Å². The monoisotopic (exact) mass is 426 g/mol. The summed E-state index contributed by atoms with van der Waals surface area (Å²) in [4.78, 5) is 0.